The molecule has 0 amide bonds. The lowest BCUT2D eigenvalue weighted by Gasteiger charge is -2.21. The van der Waals surface area contributed by atoms with E-state index < -0.39 is 0 Å². The van der Waals surface area contributed by atoms with Gasteiger partial charge in [0, 0.05) is 31.9 Å². The molecular weight excluding hydrogens is 206 g/mol. The normalized spacial score (nSPS) is 13.4. The molecule has 1 heterocycles. The number of hydrogen-bond acceptors (Lipinski definition) is 3. The zero-order valence-electron chi connectivity index (χ0n) is 9.85. The fourth-order valence-electron chi connectivity index (χ4n) is 1.69. The lowest BCUT2D eigenvalue weighted by atomic mass is 10.1. The molecule has 0 bridgehead atoms. The Labute approximate surface area is 97.9 Å². The molecule has 15 heavy (non-hydrogen) atoms. The summed E-state index contributed by atoms with van der Waals surface area (Å²) in [4.78, 5) is 2.33. The summed E-state index contributed by atoms with van der Waals surface area (Å²) in [5.74, 6) is 1.66. The second-order valence-electron chi connectivity index (χ2n) is 4.18. The van der Waals surface area contributed by atoms with Crippen molar-refractivity contribution in [3.05, 3.63) is 18.0 Å². The Morgan fingerprint density at radius 3 is 2.80 bits per heavy atom. The van der Waals surface area contributed by atoms with E-state index in [1.54, 1.807) is 0 Å². The third-order valence-electron chi connectivity index (χ3n) is 2.62. The van der Waals surface area contributed by atoms with Gasteiger partial charge in [-0.25, -0.2) is 0 Å². The monoisotopic (exact) mass is 227 g/mol. The Morgan fingerprint density at radius 2 is 2.33 bits per heavy atom. The largest absolute Gasteiger partial charge is 0.302 e. The number of aromatic nitrogens is 2. The van der Waals surface area contributed by atoms with E-state index >= 15 is 0 Å². The number of rotatable bonds is 6. The third-order valence-corrected chi connectivity index (χ3v) is 3.13. The van der Waals surface area contributed by atoms with Crippen molar-refractivity contribution in [2.75, 3.05) is 19.3 Å². The van der Waals surface area contributed by atoms with Crippen LogP contribution in [0.15, 0.2) is 12.4 Å². The predicted molar refractivity (Wildman–Crippen MR) is 67.2 cm³/mol. The van der Waals surface area contributed by atoms with Crippen LogP contribution >= 0.6 is 12.6 Å². The van der Waals surface area contributed by atoms with Crippen LogP contribution in [0.4, 0.5) is 0 Å². The third kappa shape index (κ3) is 4.26. The van der Waals surface area contributed by atoms with E-state index in [1.165, 1.54) is 12.0 Å². The van der Waals surface area contributed by atoms with Gasteiger partial charge in [0.15, 0.2) is 0 Å². The highest BCUT2D eigenvalue weighted by Crippen LogP contribution is 2.09. The Morgan fingerprint density at radius 1 is 1.60 bits per heavy atom. The zero-order chi connectivity index (χ0) is 11.3. The highest BCUT2D eigenvalue weighted by atomic mass is 32.1. The van der Waals surface area contributed by atoms with Crippen LogP contribution in [0, 0.1) is 5.92 Å². The first-order chi connectivity index (χ1) is 7.15. The number of nitrogens with zero attached hydrogens (tertiary/aromatic N) is 3. The first kappa shape index (κ1) is 12.6. The van der Waals surface area contributed by atoms with Gasteiger partial charge in [0.05, 0.1) is 6.20 Å². The Kier molecular flexibility index (Phi) is 5.19. The summed E-state index contributed by atoms with van der Waals surface area (Å²) in [6.45, 7) is 4.30. The minimum Gasteiger partial charge on any atom is -0.302 e. The molecule has 1 aromatic rings. The molecule has 1 unspecified atom stereocenters. The molecule has 86 valence electrons. The summed E-state index contributed by atoms with van der Waals surface area (Å²) in [5.41, 5.74) is 1.27. The van der Waals surface area contributed by atoms with Gasteiger partial charge in [-0.2, -0.15) is 17.7 Å². The summed E-state index contributed by atoms with van der Waals surface area (Å²) in [6, 6.07) is 0. The summed E-state index contributed by atoms with van der Waals surface area (Å²) in [6.07, 6.45) is 5.19. The fourth-order valence-corrected chi connectivity index (χ4v) is 2.06. The first-order valence-corrected chi connectivity index (χ1v) is 6.05. The molecule has 0 fully saturated rings. The molecule has 0 spiro atoms. The fraction of sp³-hybridized carbons (Fsp3) is 0.727. The van der Waals surface area contributed by atoms with Crippen LogP contribution in [0.1, 0.15) is 18.9 Å². The molecule has 1 aromatic heterocycles. The van der Waals surface area contributed by atoms with E-state index in [0.29, 0.717) is 5.92 Å². The van der Waals surface area contributed by atoms with E-state index in [1.807, 2.05) is 17.9 Å². The van der Waals surface area contributed by atoms with Crippen molar-refractivity contribution in [1.29, 1.82) is 0 Å². The van der Waals surface area contributed by atoms with Crippen LogP contribution in [-0.2, 0) is 13.6 Å². The van der Waals surface area contributed by atoms with E-state index in [9.17, 15) is 0 Å². The molecule has 0 aliphatic carbocycles. The van der Waals surface area contributed by atoms with Gasteiger partial charge >= 0.3 is 0 Å². The molecule has 0 N–H and O–H groups in total. The van der Waals surface area contributed by atoms with E-state index in [-0.39, 0.29) is 0 Å². The van der Waals surface area contributed by atoms with E-state index in [2.05, 4.69) is 42.8 Å². The van der Waals surface area contributed by atoms with Crippen LogP contribution in [0.3, 0.4) is 0 Å². The van der Waals surface area contributed by atoms with Crippen LogP contribution in [0.2, 0.25) is 0 Å². The van der Waals surface area contributed by atoms with Crippen molar-refractivity contribution in [3.8, 4) is 0 Å². The predicted octanol–water partition coefficient (Wildman–Crippen LogP) is 1.81. The van der Waals surface area contributed by atoms with Crippen molar-refractivity contribution in [2.45, 2.75) is 19.9 Å². The van der Waals surface area contributed by atoms with Crippen LogP contribution in [-0.4, -0.2) is 34.0 Å². The SMILES string of the molecule is CCC(CS)CN(C)Cc1cnn(C)c1. The van der Waals surface area contributed by atoms with Crippen molar-refractivity contribution in [1.82, 2.24) is 14.7 Å². The highest BCUT2D eigenvalue weighted by molar-refractivity contribution is 7.80. The van der Waals surface area contributed by atoms with Gasteiger partial charge in [-0.15, -0.1) is 0 Å². The molecular formula is C11H21N3S. The quantitative estimate of drug-likeness (QED) is 0.748. The standard InChI is InChI=1S/C11H21N3S/c1-4-10(9-15)6-13(2)7-11-5-12-14(3)8-11/h5,8,10,15H,4,6-7,9H2,1-3H3. The van der Waals surface area contributed by atoms with E-state index in [4.69, 9.17) is 0 Å². The molecule has 0 saturated carbocycles. The maximum absolute atomic E-state index is 4.36. The lowest BCUT2D eigenvalue weighted by Crippen LogP contribution is -2.25. The van der Waals surface area contributed by atoms with Crippen LogP contribution in [0.5, 0.6) is 0 Å². The number of hydrogen-bond donors (Lipinski definition) is 1. The highest BCUT2D eigenvalue weighted by Gasteiger charge is 2.08. The second-order valence-corrected chi connectivity index (χ2v) is 4.54. The molecule has 3 nitrogen and oxygen atoms in total. The first-order valence-electron chi connectivity index (χ1n) is 5.42. The maximum atomic E-state index is 4.36. The topological polar surface area (TPSA) is 21.1 Å². The summed E-state index contributed by atoms with van der Waals surface area (Å²) in [5, 5.41) is 4.16. The van der Waals surface area contributed by atoms with Crippen molar-refractivity contribution >= 4 is 12.6 Å². The van der Waals surface area contributed by atoms with Crippen molar-refractivity contribution < 1.29 is 0 Å². The van der Waals surface area contributed by atoms with Gasteiger partial charge in [0.1, 0.15) is 0 Å². The summed E-state index contributed by atoms with van der Waals surface area (Å²) in [7, 11) is 4.10. The van der Waals surface area contributed by atoms with E-state index in [0.717, 1.165) is 18.8 Å². The minimum absolute atomic E-state index is 0.690. The molecule has 1 rings (SSSR count). The van der Waals surface area contributed by atoms with Crippen LogP contribution in [0.25, 0.3) is 0 Å². The molecule has 0 aliphatic heterocycles. The molecule has 4 heteroatoms. The van der Waals surface area contributed by atoms with Gasteiger partial charge in [-0.1, -0.05) is 13.3 Å². The van der Waals surface area contributed by atoms with Crippen molar-refractivity contribution in [2.24, 2.45) is 13.0 Å². The number of aryl methyl sites for hydroxylation is 1. The Bertz CT molecular complexity index is 281. The molecule has 1 atom stereocenters. The molecule has 0 radical (unpaired) electrons. The molecule has 0 aliphatic rings. The Balaban J connectivity index is 2.38. The maximum Gasteiger partial charge on any atom is 0.0534 e. The average Bonchev–Trinajstić information content (AvgIpc) is 2.60. The lowest BCUT2D eigenvalue weighted by molar-refractivity contribution is 0.278. The number of thiol groups is 1. The smallest absolute Gasteiger partial charge is 0.0534 e. The van der Waals surface area contributed by atoms with Gasteiger partial charge in [-0.3, -0.25) is 4.68 Å². The second kappa shape index (κ2) is 6.18. The molecule has 0 saturated heterocycles. The van der Waals surface area contributed by atoms with Gasteiger partial charge in [0.2, 0.25) is 0 Å². The van der Waals surface area contributed by atoms with Gasteiger partial charge < -0.3 is 4.90 Å². The average molecular weight is 227 g/mol. The minimum atomic E-state index is 0.690. The Hall–Kier alpha value is -0.480. The van der Waals surface area contributed by atoms with Crippen LogP contribution < -0.4 is 0 Å². The summed E-state index contributed by atoms with van der Waals surface area (Å²) >= 11 is 4.36. The summed E-state index contributed by atoms with van der Waals surface area (Å²) < 4.78 is 1.85. The zero-order valence-corrected chi connectivity index (χ0v) is 10.7. The van der Waals surface area contributed by atoms with Crippen molar-refractivity contribution in [3.63, 3.8) is 0 Å². The van der Waals surface area contributed by atoms with Gasteiger partial charge in [0.25, 0.3) is 0 Å². The molecule has 0 aromatic carbocycles. The van der Waals surface area contributed by atoms with Gasteiger partial charge in [-0.05, 0) is 18.7 Å².